The number of ether oxygens (including phenoxy) is 1. The highest BCUT2D eigenvalue weighted by Crippen LogP contribution is 2.22. The van der Waals surface area contributed by atoms with Crippen molar-refractivity contribution in [3.63, 3.8) is 0 Å². The number of hydrogen-bond acceptors (Lipinski definition) is 1. The van der Waals surface area contributed by atoms with Crippen molar-refractivity contribution in [2.24, 2.45) is 0 Å². The summed E-state index contributed by atoms with van der Waals surface area (Å²) in [5, 5.41) is 0. The molecule has 0 radical (unpaired) electrons. The maximum Gasteiger partial charge on any atom is 0.119 e. The van der Waals surface area contributed by atoms with Crippen LogP contribution in [0.4, 0.5) is 0 Å². The molecule has 1 nitrogen and oxygen atoms in total. The molecule has 4 rings (SSSR count). The Bertz CT molecular complexity index is 1160. The molecule has 4 aromatic rings. The standard InChI is InChI=1S/C11H16O.2C10H14.C9H12/c1-8(2)10-5-9(3)6-11(7-10)12-4;2*1-8(2)10-6-4-9(3)5-7-10;1-8(2)9-6-4-3-5-7-9/h5-8H,1-4H3;2*4-8H,1-3H3;3-8H,1-2H3. The Hall–Kier alpha value is -3.32. The van der Waals surface area contributed by atoms with E-state index >= 15 is 0 Å². The maximum absolute atomic E-state index is 5.19. The highest BCUT2D eigenvalue weighted by atomic mass is 16.5. The van der Waals surface area contributed by atoms with E-state index in [1.54, 1.807) is 7.11 Å². The summed E-state index contributed by atoms with van der Waals surface area (Å²) in [5.41, 5.74) is 9.53. The van der Waals surface area contributed by atoms with Gasteiger partial charge < -0.3 is 4.74 Å². The Morgan fingerprint density at radius 3 is 1.07 bits per heavy atom. The molecule has 0 N–H and O–H groups in total. The van der Waals surface area contributed by atoms with Crippen LogP contribution >= 0.6 is 0 Å². The number of methoxy groups -OCH3 is 1. The maximum atomic E-state index is 5.19. The average Bonchev–Trinajstić information content (AvgIpc) is 2.94. The van der Waals surface area contributed by atoms with Gasteiger partial charge in [0.1, 0.15) is 5.75 Å². The van der Waals surface area contributed by atoms with Crippen molar-refractivity contribution in [1.82, 2.24) is 0 Å². The van der Waals surface area contributed by atoms with Gasteiger partial charge >= 0.3 is 0 Å². The van der Waals surface area contributed by atoms with Crippen LogP contribution in [0.15, 0.2) is 97.1 Å². The van der Waals surface area contributed by atoms with Crippen molar-refractivity contribution in [3.05, 3.63) is 136 Å². The highest BCUT2D eigenvalue weighted by Gasteiger charge is 2.02. The molecule has 4 aromatic carbocycles. The Labute approximate surface area is 253 Å². The fourth-order valence-electron chi connectivity index (χ4n) is 3.97. The third-order valence-electron chi connectivity index (χ3n) is 6.93. The van der Waals surface area contributed by atoms with Gasteiger partial charge in [-0.1, -0.05) is 151 Å². The zero-order valence-electron chi connectivity index (χ0n) is 28.0. The number of benzene rings is 4. The van der Waals surface area contributed by atoms with Crippen molar-refractivity contribution in [2.75, 3.05) is 7.11 Å². The van der Waals surface area contributed by atoms with Crippen LogP contribution in [0.5, 0.6) is 5.75 Å². The first-order valence-electron chi connectivity index (χ1n) is 15.2. The van der Waals surface area contributed by atoms with Crippen LogP contribution < -0.4 is 4.74 Å². The minimum atomic E-state index is 0.568. The number of rotatable bonds is 5. The molecule has 0 atom stereocenters. The van der Waals surface area contributed by atoms with E-state index in [-0.39, 0.29) is 0 Å². The lowest BCUT2D eigenvalue weighted by molar-refractivity contribution is 0.413. The second kappa shape index (κ2) is 18.9. The Balaban J connectivity index is 0.000000275. The second-order valence-corrected chi connectivity index (χ2v) is 12.1. The molecule has 0 aliphatic carbocycles. The number of aryl methyl sites for hydroxylation is 3. The predicted molar refractivity (Wildman–Crippen MR) is 183 cm³/mol. The van der Waals surface area contributed by atoms with E-state index in [1.165, 1.54) is 38.9 Å². The van der Waals surface area contributed by atoms with Gasteiger partial charge in [0, 0.05) is 0 Å². The Morgan fingerprint density at radius 1 is 0.390 bits per heavy atom. The zero-order valence-corrected chi connectivity index (χ0v) is 28.0. The SMILES string of the molecule is CC(C)c1ccccc1.COc1cc(C)cc(C(C)C)c1.Cc1ccc(C(C)C)cc1.Cc1ccc(C(C)C)cc1. The van der Waals surface area contributed by atoms with Gasteiger partial charge in [0.15, 0.2) is 0 Å². The summed E-state index contributed by atoms with van der Waals surface area (Å²) in [6.45, 7) is 24.0. The van der Waals surface area contributed by atoms with Crippen LogP contribution in [0.1, 0.15) is 118 Å². The fraction of sp³-hybridized carbons (Fsp3) is 0.400. The monoisotopic (exact) mass is 552 g/mol. The van der Waals surface area contributed by atoms with Crippen LogP contribution in [0, 0.1) is 20.8 Å². The van der Waals surface area contributed by atoms with Crippen LogP contribution in [0.25, 0.3) is 0 Å². The zero-order chi connectivity index (χ0) is 30.9. The van der Waals surface area contributed by atoms with Crippen molar-refractivity contribution >= 4 is 0 Å². The first-order chi connectivity index (χ1) is 19.3. The van der Waals surface area contributed by atoms with Gasteiger partial charge in [-0.15, -0.1) is 0 Å². The second-order valence-electron chi connectivity index (χ2n) is 12.1. The molecule has 0 amide bonds. The molecule has 0 spiro atoms. The molecule has 41 heavy (non-hydrogen) atoms. The highest BCUT2D eigenvalue weighted by molar-refractivity contribution is 5.35. The van der Waals surface area contributed by atoms with E-state index in [9.17, 15) is 0 Å². The molecule has 0 heterocycles. The largest absolute Gasteiger partial charge is 0.497 e. The summed E-state index contributed by atoms with van der Waals surface area (Å²) in [5.74, 6) is 3.49. The molecule has 0 aromatic heterocycles. The van der Waals surface area contributed by atoms with Gasteiger partial charge in [0.05, 0.1) is 7.11 Å². The first kappa shape index (κ1) is 35.7. The molecule has 0 unspecified atom stereocenters. The van der Waals surface area contributed by atoms with Gasteiger partial charge in [-0.2, -0.15) is 0 Å². The van der Waals surface area contributed by atoms with Crippen LogP contribution in [0.3, 0.4) is 0 Å². The van der Waals surface area contributed by atoms with Crippen LogP contribution in [0.2, 0.25) is 0 Å². The molecule has 0 fully saturated rings. The first-order valence-corrected chi connectivity index (χ1v) is 15.2. The summed E-state index contributed by atoms with van der Waals surface area (Å²) in [7, 11) is 1.71. The van der Waals surface area contributed by atoms with E-state index in [0.717, 1.165) is 5.75 Å². The molecule has 0 aliphatic heterocycles. The summed E-state index contributed by atoms with van der Waals surface area (Å²) >= 11 is 0. The molecule has 222 valence electrons. The van der Waals surface area contributed by atoms with Gasteiger partial charge in [0.2, 0.25) is 0 Å². The topological polar surface area (TPSA) is 9.23 Å². The molecule has 0 saturated heterocycles. The van der Waals surface area contributed by atoms with Crippen LogP contribution in [-0.4, -0.2) is 7.11 Å². The average molecular weight is 553 g/mol. The third kappa shape index (κ3) is 14.8. The van der Waals surface area contributed by atoms with E-state index in [2.05, 4.69) is 161 Å². The van der Waals surface area contributed by atoms with Crippen LogP contribution in [-0.2, 0) is 0 Å². The lowest BCUT2D eigenvalue weighted by Crippen LogP contribution is -1.91. The van der Waals surface area contributed by atoms with E-state index < -0.39 is 0 Å². The third-order valence-corrected chi connectivity index (χ3v) is 6.93. The lowest BCUT2D eigenvalue weighted by Gasteiger charge is -2.08. The lowest BCUT2D eigenvalue weighted by atomic mass is 10.0. The van der Waals surface area contributed by atoms with Gasteiger partial charge in [-0.05, 0) is 84.4 Å². The van der Waals surface area contributed by atoms with Crippen molar-refractivity contribution in [3.8, 4) is 5.75 Å². The molecule has 0 saturated carbocycles. The number of hydrogen-bond donors (Lipinski definition) is 0. The smallest absolute Gasteiger partial charge is 0.119 e. The van der Waals surface area contributed by atoms with Crippen molar-refractivity contribution < 1.29 is 4.74 Å². The summed E-state index contributed by atoms with van der Waals surface area (Å²) < 4.78 is 5.19. The fourth-order valence-corrected chi connectivity index (χ4v) is 3.97. The van der Waals surface area contributed by atoms with E-state index in [1.807, 2.05) is 12.1 Å². The van der Waals surface area contributed by atoms with Gasteiger partial charge in [-0.3, -0.25) is 0 Å². The minimum Gasteiger partial charge on any atom is -0.497 e. The molecular formula is C40H56O. The quantitative estimate of drug-likeness (QED) is 0.239. The molecular weight excluding hydrogens is 496 g/mol. The Kier molecular flexibility index (Phi) is 16.5. The van der Waals surface area contributed by atoms with Crippen molar-refractivity contribution in [2.45, 2.75) is 99.8 Å². The van der Waals surface area contributed by atoms with Gasteiger partial charge in [-0.25, -0.2) is 0 Å². The van der Waals surface area contributed by atoms with E-state index in [0.29, 0.717) is 23.7 Å². The molecule has 1 heteroatoms. The molecule has 0 aliphatic rings. The van der Waals surface area contributed by atoms with E-state index in [4.69, 9.17) is 4.74 Å². The Morgan fingerprint density at radius 2 is 0.756 bits per heavy atom. The summed E-state index contributed by atoms with van der Waals surface area (Å²) in [4.78, 5) is 0. The summed E-state index contributed by atoms with van der Waals surface area (Å²) in [6.07, 6.45) is 0. The minimum absolute atomic E-state index is 0.568. The van der Waals surface area contributed by atoms with Gasteiger partial charge in [0.25, 0.3) is 0 Å². The normalized spacial score (nSPS) is 10.3. The molecule has 0 bridgehead atoms. The summed E-state index contributed by atoms with van der Waals surface area (Å²) in [6, 6.07) is 34.3. The van der Waals surface area contributed by atoms with Crippen molar-refractivity contribution in [1.29, 1.82) is 0 Å². The predicted octanol–water partition coefficient (Wildman–Crippen LogP) is 12.2.